The minimum atomic E-state index is -3.81. The highest BCUT2D eigenvalue weighted by molar-refractivity contribution is 7.92. The van der Waals surface area contributed by atoms with E-state index in [2.05, 4.69) is 5.32 Å². The lowest BCUT2D eigenvalue weighted by Gasteiger charge is -2.30. The summed E-state index contributed by atoms with van der Waals surface area (Å²) in [6, 6.07) is 4.33. The van der Waals surface area contributed by atoms with Crippen molar-refractivity contribution in [1.82, 2.24) is 5.32 Å². The van der Waals surface area contributed by atoms with Crippen LogP contribution in [0.5, 0.6) is 0 Å². The minimum Gasteiger partial charge on any atom is -0.352 e. The van der Waals surface area contributed by atoms with Gasteiger partial charge in [-0.15, -0.1) is 0 Å². The van der Waals surface area contributed by atoms with Gasteiger partial charge in [0.2, 0.25) is 15.9 Å². The Balaban J connectivity index is 3.14. The van der Waals surface area contributed by atoms with Crippen LogP contribution in [-0.2, 0) is 14.8 Å². The Morgan fingerprint density at radius 3 is 2.18 bits per heavy atom. The van der Waals surface area contributed by atoms with E-state index in [-0.39, 0.29) is 17.6 Å². The first kappa shape index (κ1) is 18.4. The highest BCUT2D eigenvalue weighted by Crippen LogP contribution is 2.24. The summed E-state index contributed by atoms with van der Waals surface area (Å²) in [6.07, 6.45) is 0.953. The minimum absolute atomic E-state index is 0.114. The first-order valence-corrected chi connectivity index (χ1v) is 8.94. The van der Waals surface area contributed by atoms with Crippen LogP contribution in [0, 0.1) is 11.7 Å². The fraction of sp³-hybridized carbons (Fsp3) is 0.533. The lowest BCUT2D eigenvalue weighted by atomic mass is 10.1. The normalized spacial score (nSPS) is 14.5. The summed E-state index contributed by atoms with van der Waals surface area (Å²) in [4.78, 5) is 12.3. The van der Waals surface area contributed by atoms with E-state index in [0.29, 0.717) is 0 Å². The van der Waals surface area contributed by atoms with Crippen LogP contribution in [-0.4, -0.2) is 32.7 Å². The molecule has 0 aromatic heterocycles. The van der Waals surface area contributed by atoms with E-state index in [1.165, 1.54) is 25.1 Å². The molecule has 5 nitrogen and oxygen atoms in total. The fourth-order valence-electron chi connectivity index (χ4n) is 1.92. The Bertz CT molecular complexity index is 631. The molecule has 0 aliphatic heterocycles. The average Bonchev–Trinajstić information content (AvgIpc) is 2.39. The Morgan fingerprint density at radius 1 is 1.18 bits per heavy atom. The van der Waals surface area contributed by atoms with E-state index in [9.17, 15) is 17.6 Å². The molecule has 1 aromatic rings. The van der Waals surface area contributed by atoms with Gasteiger partial charge < -0.3 is 5.32 Å². The smallest absolute Gasteiger partial charge is 0.243 e. The third-order valence-corrected chi connectivity index (χ3v) is 4.78. The van der Waals surface area contributed by atoms with Crippen LogP contribution in [0.1, 0.15) is 27.7 Å². The second-order valence-corrected chi connectivity index (χ2v) is 7.59. The second-order valence-electron chi connectivity index (χ2n) is 5.73. The molecule has 1 N–H and O–H groups in total. The Hall–Kier alpha value is -1.63. The first-order chi connectivity index (χ1) is 10.1. The SMILES string of the molecule is CC(C)[C@@H](C)NC(=O)[C@@H](C)N(c1ccccc1F)S(C)(=O)=O. The van der Waals surface area contributed by atoms with Gasteiger partial charge in [0, 0.05) is 6.04 Å². The molecule has 1 amide bonds. The number of amides is 1. The number of para-hydroxylation sites is 1. The topological polar surface area (TPSA) is 66.5 Å². The maximum absolute atomic E-state index is 13.9. The molecule has 2 atom stereocenters. The molecule has 0 saturated carbocycles. The van der Waals surface area contributed by atoms with E-state index in [0.717, 1.165) is 16.6 Å². The van der Waals surface area contributed by atoms with Gasteiger partial charge in [0.25, 0.3) is 0 Å². The number of carbonyl (C=O) groups excluding carboxylic acids is 1. The van der Waals surface area contributed by atoms with Crippen LogP contribution < -0.4 is 9.62 Å². The third kappa shape index (κ3) is 4.43. The van der Waals surface area contributed by atoms with Crippen molar-refractivity contribution in [3.05, 3.63) is 30.1 Å². The molecule has 0 saturated heterocycles. The predicted octanol–water partition coefficient (Wildman–Crippen LogP) is 2.14. The molecule has 0 bridgehead atoms. The van der Waals surface area contributed by atoms with Crippen molar-refractivity contribution in [3.8, 4) is 0 Å². The summed E-state index contributed by atoms with van der Waals surface area (Å²) >= 11 is 0. The predicted molar refractivity (Wildman–Crippen MR) is 85.6 cm³/mol. The van der Waals surface area contributed by atoms with Crippen molar-refractivity contribution in [3.63, 3.8) is 0 Å². The Labute approximate surface area is 131 Å². The molecule has 0 spiro atoms. The Morgan fingerprint density at radius 2 is 1.73 bits per heavy atom. The van der Waals surface area contributed by atoms with Crippen molar-refractivity contribution in [2.75, 3.05) is 10.6 Å². The number of hydrogen-bond acceptors (Lipinski definition) is 3. The van der Waals surface area contributed by atoms with Crippen molar-refractivity contribution in [2.24, 2.45) is 5.92 Å². The number of benzene rings is 1. The summed E-state index contributed by atoms with van der Waals surface area (Å²) in [5.74, 6) is -0.948. The van der Waals surface area contributed by atoms with Crippen LogP contribution in [0.15, 0.2) is 24.3 Å². The Kier molecular flexibility index (Phi) is 5.93. The number of sulfonamides is 1. The van der Waals surface area contributed by atoms with Gasteiger partial charge in [-0.05, 0) is 31.9 Å². The molecule has 0 heterocycles. The third-order valence-electron chi connectivity index (χ3n) is 3.55. The fourth-order valence-corrected chi connectivity index (χ4v) is 3.10. The number of nitrogens with one attached hydrogen (secondary N) is 1. The van der Waals surface area contributed by atoms with Gasteiger partial charge in [0.05, 0.1) is 11.9 Å². The molecular formula is C15H23FN2O3S. The zero-order chi connectivity index (χ0) is 17.1. The largest absolute Gasteiger partial charge is 0.352 e. The van der Waals surface area contributed by atoms with Gasteiger partial charge in [-0.1, -0.05) is 26.0 Å². The number of hydrogen-bond donors (Lipinski definition) is 1. The van der Waals surface area contributed by atoms with Gasteiger partial charge >= 0.3 is 0 Å². The maximum atomic E-state index is 13.9. The summed E-state index contributed by atoms with van der Waals surface area (Å²) in [5, 5.41) is 2.75. The molecule has 22 heavy (non-hydrogen) atoms. The van der Waals surface area contributed by atoms with Gasteiger partial charge in [0.1, 0.15) is 11.9 Å². The highest BCUT2D eigenvalue weighted by atomic mass is 32.2. The lowest BCUT2D eigenvalue weighted by molar-refractivity contribution is -0.122. The van der Waals surface area contributed by atoms with Crippen molar-refractivity contribution >= 4 is 21.6 Å². The van der Waals surface area contributed by atoms with E-state index < -0.39 is 27.8 Å². The van der Waals surface area contributed by atoms with Crippen molar-refractivity contribution < 1.29 is 17.6 Å². The van der Waals surface area contributed by atoms with Crippen LogP contribution in [0.2, 0.25) is 0 Å². The van der Waals surface area contributed by atoms with Gasteiger partial charge in [-0.3, -0.25) is 9.10 Å². The average molecular weight is 330 g/mol. The number of rotatable bonds is 6. The second kappa shape index (κ2) is 7.09. The maximum Gasteiger partial charge on any atom is 0.243 e. The summed E-state index contributed by atoms with van der Waals surface area (Å²) in [7, 11) is -3.81. The first-order valence-electron chi connectivity index (χ1n) is 7.10. The van der Waals surface area contributed by atoms with E-state index in [1.54, 1.807) is 0 Å². The molecule has 1 aromatic carbocycles. The number of nitrogens with zero attached hydrogens (tertiary/aromatic N) is 1. The molecule has 124 valence electrons. The summed E-state index contributed by atoms with van der Waals surface area (Å²) in [5.41, 5.74) is -0.134. The summed E-state index contributed by atoms with van der Waals surface area (Å²) in [6.45, 7) is 7.17. The monoisotopic (exact) mass is 330 g/mol. The number of carbonyl (C=O) groups is 1. The van der Waals surface area contributed by atoms with Gasteiger partial charge in [-0.25, -0.2) is 12.8 Å². The molecular weight excluding hydrogens is 307 g/mol. The molecule has 1 rings (SSSR count). The molecule has 0 unspecified atom stereocenters. The van der Waals surface area contributed by atoms with Crippen LogP contribution in [0.4, 0.5) is 10.1 Å². The molecule has 0 radical (unpaired) electrons. The van der Waals surface area contributed by atoms with E-state index in [1.807, 2.05) is 20.8 Å². The zero-order valence-electron chi connectivity index (χ0n) is 13.5. The zero-order valence-corrected chi connectivity index (χ0v) is 14.3. The van der Waals surface area contributed by atoms with Gasteiger partial charge in [-0.2, -0.15) is 0 Å². The standard InChI is InChI=1S/C15H23FN2O3S/c1-10(2)11(3)17-15(19)12(4)18(22(5,20)21)14-9-7-6-8-13(14)16/h6-12H,1-5H3,(H,17,19)/t11-,12-/m1/s1. The molecule has 0 aliphatic rings. The van der Waals surface area contributed by atoms with Crippen LogP contribution in [0.25, 0.3) is 0 Å². The van der Waals surface area contributed by atoms with Crippen molar-refractivity contribution in [1.29, 1.82) is 0 Å². The van der Waals surface area contributed by atoms with E-state index in [4.69, 9.17) is 0 Å². The van der Waals surface area contributed by atoms with Gasteiger partial charge in [0.15, 0.2) is 0 Å². The van der Waals surface area contributed by atoms with Crippen LogP contribution >= 0.6 is 0 Å². The number of halogens is 1. The highest BCUT2D eigenvalue weighted by Gasteiger charge is 2.31. The molecule has 7 heteroatoms. The lowest BCUT2D eigenvalue weighted by Crippen LogP contribution is -2.51. The van der Waals surface area contributed by atoms with E-state index >= 15 is 0 Å². The van der Waals surface area contributed by atoms with Crippen molar-refractivity contribution in [2.45, 2.75) is 39.8 Å². The summed E-state index contributed by atoms with van der Waals surface area (Å²) < 4.78 is 38.8. The number of anilines is 1. The quantitative estimate of drug-likeness (QED) is 0.869. The molecule has 0 aliphatic carbocycles. The molecule has 0 fully saturated rings. The van der Waals surface area contributed by atoms with Crippen LogP contribution in [0.3, 0.4) is 0 Å².